The van der Waals surface area contributed by atoms with E-state index in [1.807, 2.05) is 31.3 Å². The third-order valence-corrected chi connectivity index (χ3v) is 5.44. The zero-order chi connectivity index (χ0) is 17.1. The number of hydrogen-bond donors (Lipinski definition) is 1. The van der Waals surface area contributed by atoms with Crippen LogP contribution in [0.2, 0.25) is 0 Å². The van der Waals surface area contributed by atoms with E-state index in [-0.39, 0.29) is 6.03 Å². The van der Waals surface area contributed by atoms with Crippen LogP contribution in [0.15, 0.2) is 12.4 Å². The summed E-state index contributed by atoms with van der Waals surface area (Å²) >= 11 is 1.73. The minimum absolute atomic E-state index is 0.0186. The van der Waals surface area contributed by atoms with Gasteiger partial charge in [-0.3, -0.25) is 4.68 Å². The number of thiazole rings is 1. The molecule has 1 fully saturated rings. The Labute approximate surface area is 146 Å². The summed E-state index contributed by atoms with van der Waals surface area (Å²) in [7, 11) is 1.90. The molecule has 0 aromatic carbocycles. The van der Waals surface area contributed by atoms with Crippen molar-refractivity contribution in [3.05, 3.63) is 28.5 Å². The van der Waals surface area contributed by atoms with Gasteiger partial charge in [-0.25, -0.2) is 9.78 Å². The summed E-state index contributed by atoms with van der Waals surface area (Å²) in [4.78, 5) is 22.3. The second-order valence-electron chi connectivity index (χ2n) is 6.12. The second kappa shape index (κ2) is 7.21. The van der Waals surface area contributed by atoms with Crippen LogP contribution in [-0.2, 0) is 13.5 Å². The van der Waals surface area contributed by atoms with Gasteiger partial charge in [0.15, 0.2) is 5.13 Å². The van der Waals surface area contributed by atoms with Crippen LogP contribution in [-0.4, -0.2) is 58.4 Å². The van der Waals surface area contributed by atoms with Gasteiger partial charge >= 0.3 is 6.03 Å². The summed E-state index contributed by atoms with van der Waals surface area (Å²) in [6.45, 7) is 7.91. The van der Waals surface area contributed by atoms with Gasteiger partial charge in [-0.2, -0.15) is 5.10 Å². The van der Waals surface area contributed by atoms with Crippen LogP contribution in [0, 0.1) is 13.8 Å². The molecule has 0 unspecified atom stereocenters. The lowest BCUT2D eigenvalue weighted by Gasteiger charge is -2.34. The molecule has 0 atom stereocenters. The minimum atomic E-state index is 0.0186. The number of nitrogens with one attached hydrogen (secondary N) is 1. The first-order chi connectivity index (χ1) is 11.5. The van der Waals surface area contributed by atoms with Gasteiger partial charge in [0.1, 0.15) is 0 Å². The highest BCUT2D eigenvalue weighted by molar-refractivity contribution is 7.15. The summed E-state index contributed by atoms with van der Waals surface area (Å²) in [5.41, 5.74) is 2.24. The van der Waals surface area contributed by atoms with Crippen LogP contribution < -0.4 is 10.2 Å². The number of carbonyl (C=O) groups is 1. The van der Waals surface area contributed by atoms with E-state index >= 15 is 0 Å². The number of hydrogen-bond acceptors (Lipinski definition) is 5. The Hall–Kier alpha value is -2.09. The van der Waals surface area contributed by atoms with Crippen molar-refractivity contribution in [2.45, 2.75) is 20.3 Å². The first-order valence-electron chi connectivity index (χ1n) is 8.22. The van der Waals surface area contributed by atoms with Crippen LogP contribution in [0.3, 0.4) is 0 Å². The summed E-state index contributed by atoms with van der Waals surface area (Å²) in [6, 6.07) is 0.0186. The van der Waals surface area contributed by atoms with Crippen molar-refractivity contribution in [3.8, 4) is 0 Å². The monoisotopic (exact) mass is 348 g/mol. The fourth-order valence-corrected chi connectivity index (χ4v) is 3.68. The van der Waals surface area contributed by atoms with Crippen molar-refractivity contribution < 1.29 is 4.79 Å². The van der Waals surface area contributed by atoms with Gasteiger partial charge in [0.2, 0.25) is 0 Å². The zero-order valence-corrected chi connectivity index (χ0v) is 15.3. The standard InChI is InChI=1S/C16H24N6OS/c1-12-13(2)24-16(19-12)22-8-6-21(7-9-22)15(23)17-5-4-14-10-18-20(3)11-14/h10-11H,4-9H2,1-3H3,(H,17,23). The summed E-state index contributed by atoms with van der Waals surface area (Å²) in [5, 5.41) is 8.20. The maximum atomic E-state index is 12.3. The molecule has 0 saturated carbocycles. The fraction of sp³-hybridized carbons (Fsp3) is 0.562. The highest BCUT2D eigenvalue weighted by Crippen LogP contribution is 2.25. The predicted molar refractivity (Wildman–Crippen MR) is 95.7 cm³/mol. The number of rotatable bonds is 4. The predicted octanol–water partition coefficient (Wildman–Crippen LogP) is 1.57. The van der Waals surface area contributed by atoms with Crippen molar-refractivity contribution in [1.82, 2.24) is 25.0 Å². The average Bonchev–Trinajstić information content (AvgIpc) is 3.13. The summed E-state index contributed by atoms with van der Waals surface area (Å²) in [5.74, 6) is 0. The lowest BCUT2D eigenvalue weighted by molar-refractivity contribution is 0.194. The lowest BCUT2D eigenvalue weighted by atomic mass is 10.2. The van der Waals surface area contributed by atoms with Crippen LogP contribution >= 0.6 is 11.3 Å². The van der Waals surface area contributed by atoms with Gasteiger partial charge in [-0.1, -0.05) is 0 Å². The number of piperazine rings is 1. The Balaban J connectivity index is 1.43. The Morgan fingerprint density at radius 3 is 2.62 bits per heavy atom. The maximum absolute atomic E-state index is 12.3. The highest BCUT2D eigenvalue weighted by atomic mass is 32.1. The van der Waals surface area contributed by atoms with E-state index in [1.165, 1.54) is 4.88 Å². The van der Waals surface area contributed by atoms with E-state index in [4.69, 9.17) is 0 Å². The van der Waals surface area contributed by atoms with E-state index < -0.39 is 0 Å². The Morgan fingerprint density at radius 1 is 1.29 bits per heavy atom. The van der Waals surface area contributed by atoms with E-state index in [0.29, 0.717) is 6.54 Å². The van der Waals surface area contributed by atoms with Crippen molar-refractivity contribution in [3.63, 3.8) is 0 Å². The van der Waals surface area contributed by atoms with Crippen molar-refractivity contribution in [2.75, 3.05) is 37.6 Å². The first kappa shape index (κ1) is 16.8. The number of urea groups is 1. The van der Waals surface area contributed by atoms with Gasteiger partial charge < -0.3 is 15.1 Å². The number of amides is 2. The van der Waals surface area contributed by atoms with Crippen molar-refractivity contribution in [1.29, 1.82) is 0 Å². The molecular weight excluding hydrogens is 324 g/mol. The van der Waals surface area contributed by atoms with Gasteiger partial charge in [-0.15, -0.1) is 11.3 Å². The molecule has 2 amide bonds. The molecule has 1 N–H and O–H groups in total. The molecule has 3 heterocycles. The zero-order valence-electron chi connectivity index (χ0n) is 14.4. The fourth-order valence-electron chi connectivity index (χ4n) is 2.72. The van der Waals surface area contributed by atoms with E-state index in [2.05, 4.69) is 27.2 Å². The molecule has 3 rings (SSSR count). The number of aryl methyl sites for hydroxylation is 3. The number of nitrogens with zero attached hydrogens (tertiary/aromatic N) is 5. The molecule has 0 bridgehead atoms. The van der Waals surface area contributed by atoms with Crippen LogP contribution in [0.4, 0.5) is 9.93 Å². The minimum Gasteiger partial charge on any atom is -0.345 e. The number of aromatic nitrogens is 3. The topological polar surface area (TPSA) is 66.3 Å². The van der Waals surface area contributed by atoms with E-state index in [9.17, 15) is 4.79 Å². The smallest absolute Gasteiger partial charge is 0.317 e. The van der Waals surface area contributed by atoms with Gasteiger partial charge in [0.25, 0.3) is 0 Å². The quantitative estimate of drug-likeness (QED) is 0.911. The molecule has 0 radical (unpaired) electrons. The van der Waals surface area contributed by atoms with Gasteiger partial charge in [0.05, 0.1) is 11.9 Å². The molecule has 1 aliphatic heterocycles. The molecule has 2 aromatic rings. The Bertz CT molecular complexity index is 682. The van der Waals surface area contributed by atoms with Crippen molar-refractivity contribution >= 4 is 22.5 Å². The maximum Gasteiger partial charge on any atom is 0.317 e. The number of anilines is 1. The number of carbonyl (C=O) groups excluding carboxylic acids is 1. The molecule has 1 aliphatic rings. The Kier molecular flexibility index (Phi) is 5.03. The Morgan fingerprint density at radius 2 is 2.04 bits per heavy atom. The van der Waals surface area contributed by atoms with Crippen molar-refractivity contribution in [2.24, 2.45) is 7.05 Å². The molecule has 8 heteroatoms. The molecule has 2 aromatic heterocycles. The lowest BCUT2D eigenvalue weighted by Crippen LogP contribution is -2.52. The van der Waals surface area contributed by atoms with Gasteiger partial charge in [0, 0.05) is 50.8 Å². The van der Waals surface area contributed by atoms with Crippen LogP contribution in [0.1, 0.15) is 16.1 Å². The van der Waals surface area contributed by atoms with Crippen LogP contribution in [0.5, 0.6) is 0 Å². The second-order valence-corrected chi connectivity index (χ2v) is 7.30. The summed E-state index contributed by atoms with van der Waals surface area (Å²) < 4.78 is 1.78. The highest BCUT2D eigenvalue weighted by Gasteiger charge is 2.22. The molecular formula is C16H24N6OS. The molecule has 1 saturated heterocycles. The van der Waals surface area contributed by atoms with Crippen LogP contribution in [0.25, 0.3) is 0 Å². The largest absolute Gasteiger partial charge is 0.345 e. The third kappa shape index (κ3) is 3.87. The molecule has 7 nitrogen and oxygen atoms in total. The third-order valence-electron chi connectivity index (χ3n) is 4.30. The molecule has 0 aliphatic carbocycles. The van der Waals surface area contributed by atoms with E-state index in [0.717, 1.165) is 49.0 Å². The summed E-state index contributed by atoms with van der Waals surface area (Å²) in [6.07, 6.45) is 4.61. The molecule has 130 valence electrons. The average molecular weight is 348 g/mol. The SMILES string of the molecule is Cc1nc(N2CCN(C(=O)NCCc3cnn(C)c3)CC2)sc1C. The first-order valence-corrected chi connectivity index (χ1v) is 9.04. The van der Waals surface area contributed by atoms with E-state index in [1.54, 1.807) is 16.0 Å². The van der Waals surface area contributed by atoms with Gasteiger partial charge in [-0.05, 0) is 25.8 Å². The molecule has 0 spiro atoms. The normalized spacial score (nSPS) is 15.0. The molecule has 24 heavy (non-hydrogen) atoms.